The zero-order valence-electron chi connectivity index (χ0n) is 8.70. The van der Waals surface area contributed by atoms with Gasteiger partial charge in [-0.3, -0.25) is 0 Å². The van der Waals surface area contributed by atoms with E-state index in [1.165, 1.54) is 7.05 Å². The van der Waals surface area contributed by atoms with Gasteiger partial charge in [0.15, 0.2) is 6.29 Å². The molecule has 0 aromatic heterocycles. The van der Waals surface area contributed by atoms with E-state index in [0.29, 0.717) is 0 Å². The van der Waals surface area contributed by atoms with E-state index in [1.807, 2.05) is 0 Å². The monoisotopic (exact) mass is 236 g/mol. The second kappa shape index (κ2) is 5.41. The Kier molecular flexibility index (Phi) is 4.44. The van der Waals surface area contributed by atoms with Crippen molar-refractivity contribution in [3.05, 3.63) is 0 Å². The van der Waals surface area contributed by atoms with Crippen LogP contribution in [0, 0.1) is 0 Å². The van der Waals surface area contributed by atoms with Gasteiger partial charge in [0.2, 0.25) is 0 Å². The minimum atomic E-state index is -1.49. The Morgan fingerprint density at radius 3 is 2.44 bits per heavy atom. The van der Waals surface area contributed by atoms with Crippen LogP contribution in [-0.2, 0) is 4.74 Å². The quantitative estimate of drug-likeness (QED) is 0.298. The Morgan fingerprint density at radius 1 is 1.31 bits per heavy atom. The van der Waals surface area contributed by atoms with Crippen LogP contribution in [0.4, 0.5) is 4.79 Å². The van der Waals surface area contributed by atoms with Gasteiger partial charge in [-0.05, 0) is 0 Å². The second-order valence-electron chi connectivity index (χ2n) is 3.48. The molecule has 0 saturated carbocycles. The van der Waals surface area contributed by atoms with Gasteiger partial charge in [0.1, 0.15) is 24.4 Å². The van der Waals surface area contributed by atoms with Crippen LogP contribution in [0.2, 0.25) is 0 Å². The van der Waals surface area contributed by atoms with Gasteiger partial charge < -0.3 is 35.8 Å². The van der Waals surface area contributed by atoms with Crippen molar-refractivity contribution >= 4 is 6.03 Å². The third kappa shape index (κ3) is 2.60. The SMILES string of the molecule is CNC(=O)N[C@@H]1[C@H](O)[C@H](O)[C@H](CO)O[C@@H]1O. The molecule has 1 aliphatic rings. The number of nitrogens with one attached hydrogen (secondary N) is 2. The molecular weight excluding hydrogens is 220 g/mol. The van der Waals surface area contributed by atoms with Crippen molar-refractivity contribution in [1.29, 1.82) is 0 Å². The molecule has 0 radical (unpaired) electrons. The van der Waals surface area contributed by atoms with E-state index in [9.17, 15) is 20.1 Å². The summed E-state index contributed by atoms with van der Waals surface area (Å²) in [6.07, 6.45) is -5.37. The topological polar surface area (TPSA) is 131 Å². The molecule has 94 valence electrons. The molecule has 8 nitrogen and oxygen atoms in total. The minimum Gasteiger partial charge on any atom is -0.394 e. The minimum absolute atomic E-state index is 0.540. The fourth-order valence-corrected chi connectivity index (χ4v) is 1.48. The van der Waals surface area contributed by atoms with Gasteiger partial charge in [-0.2, -0.15) is 0 Å². The maximum Gasteiger partial charge on any atom is 0.315 e. The molecule has 0 unspecified atom stereocenters. The molecule has 6 N–H and O–H groups in total. The summed E-state index contributed by atoms with van der Waals surface area (Å²) >= 11 is 0. The Morgan fingerprint density at radius 2 is 1.94 bits per heavy atom. The Labute approximate surface area is 91.8 Å². The number of carbonyl (C=O) groups excluding carboxylic acids is 1. The molecule has 1 rings (SSSR count). The van der Waals surface area contributed by atoms with Crippen molar-refractivity contribution in [2.45, 2.75) is 30.6 Å². The molecular formula is C8H16N2O6. The fourth-order valence-electron chi connectivity index (χ4n) is 1.48. The lowest BCUT2D eigenvalue weighted by molar-refractivity contribution is -0.252. The second-order valence-corrected chi connectivity index (χ2v) is 3.48. The first-order valence-electron chi connectivity index (χ1n) is 4.80. The molecule has 1 fully saturated rings. The maximum atomic E-state index is 11.0. The highest BCUT2D eigenvalue weighted by molar-refractivity contribution is 5.73. The highest BCUT2D eigenvalue weighted by Gasteiger charge is 2.44. The summed E-state index contributed by atoms with van der Waals surface area (Å²) in [5.74, 6) is 0. The molecule has 1 aliphatic heterocycles. The van der Waals surface area contributed by atoms with Crippen LogP contribution in [0.15, 0.2) is 0 Å². The van der Waals surface area contributed by atoms with Crippen LogP contribution in [-0.4, -0.2) is 70.8 Å². The third-order valence-corrected chi connectivity index (χ3v) is 2.42. The number of ether oxygens (including phenoxy) is 1. The molecule has 0 aliphatic carbocycles. The molecule has 5 atom stereocenters. The predicted molar refractivity (Wildman–Crippen MR) is 51.4 cm³/mol. The van der Waals surface area contributed by atoms with Crippen LogP contribution in [0.25, 0.3) is 0 Å². The number of amides is 2. The molecule has 16 heavy (non-hydrogen) atoms. The predicted octanol–water partition coefficient (Wildman–Crippen LogP) is -3.28. The van der Waals surface area contributed by atoms with E-state index < -0.39 is 43.3 Å². The molecule has 1 heterocycles. The van der Waals surface area contributed by atoms with Crippen molar-refractivity contribution in [2.75, 3.05) is 13.7 Å². The zero-order chi connectivity index (χ0) is 12.3. The normalized spacial score (nSPS) is 39.2. The Balaban J connectivity index is 2.67. The molecule has 0 bridgehead atoms. The summed E-state index contributed by atoms with van der Waals surface area (Å²) in [6, 6.07) is -1.78. The van der Waals surface area contributed by atoms with Gasteiger partial charge >= 0.3 is 6.03 Å². The van der Waals surface area contributed by atoms with Gasteiger partial charge in [-0.15, -0.1) is 0 Å². The number of aliphatic hydroxyl groups is 4. The summed E-state index contributed by atoms with van der Waals surface area (Å²) in [6.45, 7) is -0.540. The standard InChI is InChI=1S/C8H16N2O6/c1-9-8(15)10-4-6(13)5(12)3(2-11)16-7(4)14/h3-7,11-14H,2H2,1H3,(H2,9,10,15)/t3-,4+,5+,6-,7-/m0/s1. The van der Waals surface area contributed by atoms with E-state index >= 15 is 0 Å². The van der Waals surface area contributed by atoms with Crippen molar-refractivity contribution in [3.63, 3.8) is 0 Å². The van der Waals surface area contributed by atoms with Crippen LogP contribution < -0.4 is 10.6 Å². The highest BCUT2D eigenvalue weighted by Crippen LogP contribution is 2.19. The van der Waals surface area contributed by atoms with Crippen molar-refractivity contribution in [2.24, 2.45) is 0 Å². The lowest BCUT2D eigenvalue weighted by atomic mass is 9.97. The molecule has 8 heteroatoms. The van der Waals surface area contributed by atoms with E-state index in [2.05, 4.69) is 10.6 Å². The largest absolute Gasteiger partial charge is 0.394 e. The maximum absolute atomic E-state index is 11.0. The third-order valence-electron chi connectivity index (χ3n) is 2.42. The summed E-state index contributed by atoms with van der Waals surface area (Å²) < 4.78 is 4.83. The first kappa shape index (κ1) is 13.1. The highest BCUT2D eigenvalue weighted by atomic mass is 16.6. The first-order valence-corrected chi connectivity index (χ1v) is 4.80. The first-order chi connectivity index (χ1) is 7.51. The average Bonchev–Trinajstić information content (AvgIpc) is 2.28. The van der Waals surface area contributed by atoms with Crippen LogP contribution in [0.3, 0.4) is 0 Å². The smallest absolute Gasteiger partial charge is 0.315 e. The summed E-state index contributed by atoms with van der Waals surface area (Å²) in [5, 5.41) is 41.8. The van der Waals surface area contributed by atoms with Crippen LogP contribution >= 0.6 is 0 Å². The van der Waals surface area contributed by atoms with E-state index in [-0.39, 0.29) is 0 Å². The number of aliphatic hydroxyl groups excluding tert-OH is 4. The van der Waals surface area contributed by atoms with E-state index in [4.69, 9.17) is 9.84 Å². The molecule has 0 spiro atoms. The zero-order valence-corrected chi connectivity index (χ0v) is 8.70. The van der Waals surface area contributed by atoms with Gasteiger partial charge in [-0.1, -0.05) is 0 Å². The number of urea groups is 1. The number of hydrogen-bond donors (Lipinski definition) is 6. The van der Waals surface area contributed by atoms with Crippen molar-refractivity contribution < 1.29 is 30.0 Å². The summed E-state index contributed by atoms with van der Waals surface area (Å²) in [5.41, 5.74) is 0. The molecule has 1 saturated heterocycles. The number of rotatable bonds is 2. The van der Waals surface area contributed by atoms with Crippen LogP contribution in [0.1, 0.15) is 0 Å². The van der Waals surface area contributed by atoms with Gasteiger partial charge in [0.05, 0.1) is 6.61 Å². The lowest BCUT2D eigenvalue weighted by Crippen LogP contribution is -2.64. The Bertz CT molecular complexity index is 251. The summed E-state index contributed by atoms with van der Waals surface area (Å²) in [4.78, 5) is 11.0. The van der Waals surface area contributed by atoms with Gasteiger partial charge in [0.25, 0.3) is 0 Å². The molecule has 0 aromatic carbocycles. The average molecular weight is 236 g/mol. The summed E-state index contributed by atoms with van der Waals surface area (Å²) in [7, 11) is 1.37. The van der Waals surface area contributed by atoms with Crippen LogP contribution in [0.5, 0.6) is 0 Å². The lowest BCUT2D eigenvalue weighted by Gasteiger charge is -2.40. The Hall–Kier alpha value is -0.930. The van der Waals surface area contributed by atoms with Gasteiger partial charge in [0, 0.05) is 7.05 Å². The van der Waals surface area contributed by atoms with Crippen molar-refractivity contribution in [1.82, 2.24) is 10.6 Å². The fraction of sp³-hybridized carbons (Fsp3) is 0.875. The number of hydrogen-bond acceptors (Lipinski definition) is 6. The van der Waals surface area contributed by atoms with E-state index in [1.54, 1.807) is 0 Å². The number of carbonyl (C=O) groups is 1. The molecule has 2 amide bonds. The van der Waals surface area contributed by atoms with Crippen molar-refractivity contribution in [3.8, 4) is 0 Å². The molecule has 0 aromatic rings. The van der Waals surface area contributed by atoms with E-state index in [0.717, 1.165) is 0 Å². The van der Waals surface area contributed by atoms with Gasteiger partial charge in [-0.25, -0.2) is 4.79 Å².